The van der Waals surface area contributed by atoms with E-state index in [2.05, 4.69) is 15.5 Å². The molecule has 2 heterocycles. The van der Waals surface area contributed by atoms with Gasteiger partial charge in [0.1, 0.15) is 0 Å². The highest BCUT2D eigenvalue weighted by atomic mass is 32.1. The van der Waals surface area contributed by atoms with E-state index >= 15 is 0 Å². The summed E-state index contributed by atoms with van der Waals surface area (Å²) >= 11 is 1.10. The van der Waals surface area contributed by atoms with Gasteiger partial charge in [0, 0.05) is 12.6 Å². The lowest BCUT2D eigenvalue weighted by atomic mass is 10.0. The SMILES string of the molecule is CC1CC(NC(=O)c2nnc(N)s2)CCO1. The lowest BCUT2D eigenvalue weighted by molar-refractivity contribution is 0.0136. The second kappa shape index (κ2) is 4.75. The molecular weight excluding hydrogens is 228 g/mol. The molecule has 0 saturated carbocycles. The first-order chi connectivity index (χ1) is 7.65. The zero-order valence-corrected chi connectivity index (χ0v) is 9.79. The number of rotatable bonds is 2. The number of ether oxygens (including phenoxy) is 1. The molecule has 0 aliphatic carbocycles. The first-order valence-corrected chi connectivity index (χ1v) is 5.98. The topological polar surface area (TPSA) is 90.1 Å². The van der Waals surface area contributed by atoms with E-state index in [4.69, 9.17) is 10.5 Å². The number of anilines is 1. The first-order valence-electron chi connectivity index (χ1n) is 5.16. The molecule has 1 saturated heterocycles. The van der Waals surface area contributed by atoms with Crippen LogP contribution in [0.15, 0.2) is 0 Å². The Balaban J connectivity index is 1.92. The van der Waals surface area contributed by atoms with Gasteiger partial charge in [-0.15, -0.1) is 10.2 Å². The third kappa shape index (κ3) is 2.67. The lowest BCUT2D eigenvalue weighted by Crippen LogP contribution is -2.41. The van der Waals surface area contributed by atoms with Crippen molar-refractivity contribution in [2.45, 2.75) is 31.9 Å². The number of carbonyl (C=O) groups is 1. The van der Waals surface area contributed by atoms with Crippen LogP contribution >= 0.6 is 11.3 Å². The number of carbonyl (C=O) groups excluding carboxylic acids is 1. The Morgan fingerprint density at radius 2 is 2.44 bits per heavy atom. The number of nitrogens with two attached hydrogens (primary N) is 1. The van der Waals surface area contributed by atoms with Crippen LogP contribution in [-0.2, 0) is 4.74 Å². The monoisotopic (exact) mass is 242 g/mol. The summed E-state index contributed by atoms with van der Waals surface area (Å²) in [5.41, 5.74) is 5.42. The second-order valence-electron chi connectivity index (χ2n) is 3.82. The molecule has 0 radical (unpaired) electrons. The number of nitrogens with zero attached hydrogens (tertiary/aromatic N) is 2. The maximum Gasteiger partial charge on any atom is 0.282 e. The number of hydrogen-bond donors (Lipinski definition) is 2. The predicted molar refractivity (Wildman–Crippen MR) is 60.2 cm³/mol. The zero-order valence-electron chi connectivity index (χ0n) is 8.97. The molecular formula is C9H14N4O2S. The van der Waals surface area contributed by atoms with Gasteiger partial charge < -0.3 is 15.8 Å². The summed E-state index contributed by atoms with van der Waals surface area (Å²) in [6, 6.07) is 0.154. The van der Waals surface area contributed by atoms with Crippen molar-refractivity contribution in [3.05, 3.63) is 5.01 Å². The average molecular weight is 242 g/mol. The van der Waals surface area contributed by atoms with Gasteiger partial charge in [0.25, 0.3) is 5.91 Å². The van der Waals surface area contributed by atoms with Crippen LogP contribution in [0.4, 0.5) is 5.13 Å². The fourth-order valence-electron chi connectivity index (χ4n) is 1.70. The quantitative estimate of drug-likeness (QED) is 0.784. The molecule has 16 heavy (non-hydrogen) atoms. The van der Waals surface area contributed by atoms with Crippen molar-refractivity contribution in [3.63, 3.8) is 0 Å². The molecule has 7 heteroatoms. The molecule has 1 aromatic heterocycles. The number of nitrogens with one attached hydrogen (secondary N) is 1. The minimum Gasteiger partial charge on any atom is -0.378 e. The number of nitrogen functional groups attached to an aromatic ring is 1. The van der Waals surface area contributed by atoms with Gasteiger partial charge in [0.15, 0.2) is 0 Å². The maximum atomic E-state index is 11.7. The maximum absolute atomic E-state index is 11.7. The van der Waals surface area contributed by atoms with Crippen LogP contribution in [0.25, 0.3) is 0 Å². The smallest absolute Gasteiger partial charge is 0.282 e. The molecule has 2 unspecified atom stereocenters. The molecule has 1 aliphatic heterocycles. The molecule has 1 fully saturated rings. The van der Waals surface area contributed by atoms with Gasteiger partial charge in [-0.25, -0.2) is 0 Å². The van der Waals surface area contributed by atoms with Gasteiger partial charge in [-0.3, -0.25) is 4.79 Å². The van der Waals surface area contributed by atoms with Gasteiger partial charge in [-0.2, -0.15) is 0 Å². The molecule has 2 rings (SSSR count). The third-order valence-electron chi connectivity index (χ3n) is 2.46. The summed E-state index contributed by atoms with van der Waals surface area (Å²) in [4.78, 5) is 11.7. The van der Waals surface area contributed by atoms with Gasteiger partial charge in [0.2, 0.25) is 10.1 Å². The van der Waals surface area contributed by atoms with Crippen LogP contribution in [-0.4, -0.2) is 34.9 Å². The zero-order chi connectivity index (χ0) is 11.5. The lowest BCUT2D eigenvalue weighted by Gasteiger charge is -2.27. The van der Waals surface area contributed by atoms with Crippen molar-refractivity contribution in [2.75, 3.05) is 12.3 Å². The van der Waals surface area contributed by atoms with Crippen molar-refractivity contribution >= 4 is 22.4 Å². The summed E-state index contributed by atoms with van der Waals surface area (Å²) < 4.78 is 5.40. The highest BCUT2D eigenvalue weighted by Gasteiger charge is 2.22. The highest BCUT2D eigenvalue weighted by Crippen LogP contribution is 2.15. The Morgan fingerprint density at radius 1 is 1.62 bits per heavy atom. The van der Waals surface area contributed by atoms with Crippen LogP contribution in [0.2, 0.25) is 0 Å². The molecule has 1 amide bonds. The molecule has 1 aromatic rings. The van der Waals surface area contributed by atoms with E-state index in [0.717, 1.165) is 24.2 Å². The Hall–Kier alpha value is -1.21. The van der Waals surface area contributed by atoms with Crippen LogP contribution in [0.1, 0.15) is 29.6 Å². The number of amides is 1. The second-order valence-corrected chi connectivity index (χ2v) is 4.83. The van der Waals surface area contributed by atoms with Crippen LogP contribution in [0, 0.1) is 0 Å². The van der Waals surface area contributed by atoms with E-state index in [1.54, 1.807) is 0 Å². The fraction of sp³-hybridized carbons (Fsp3) is 0.667. The van der Waals surface area contributed by atoms with Crippen molar-refractivity contribution in [3.8, 4) is 0 Å². The van der Waals surface area contributed by atoms with Crippen molar-refractivity contribution in [2.24, 2.45) is 0 Å². The average Bonchev–Trinajstić information content (AvgIpc) is 2.65. The summed E-state index contributed by atoms with van der Waals surface area (Å²) in [5.74, 6) is -0.201. The van der Waals surface area contributed by atoms with E-state index in [1.807, 2.05) is 6.92 Å². The summed E-state index contributed by atoms with van der Waals surface area (Å²) in [7, 11) is 0. The molecule has 2 atom stereocenters. The van der Waals surface area contributed by atoms with Crippen LogP contribution in [0.5, 0.6) is 0 Å². The molecule has 6 nitrogen and oxygen atoms in total. The molecule has 3 N–H and O–H groups in total. The van der Waals surface area contributed by atoms with Crippen molar-refractivity contribution in [1.29, 1.82) is 0 Å². The summed E-state index contributed by atoms with van der Waals surface area (Å²) in [6.07, 6.45) is 1.86. The van der Waals surface area contributed by atoms with E-state index in [1.165, 1.54) is 0 Å². The normalized spacial score (nSPS) is 25.3. The molecule has 1 aliphatic rings. The molecule has 0 bridgehead atoms. The third-order valence-corrected chi connectivity index (χ3v) is 3.21. The molecule has 0 aromatic carbocycles. The fourth-order valence-corrected chi connectivity index (χ4v) is 2.22. The van der Waals surface area contributed by atoms with E-state index in [0.29, 0.717) is 16.7 Å². The Labute approximate surface area is 97.2 Å². The molecule has 88 valence electrons. The Morgan fingerprint density at radius 3 is 3.06 bits per heavy atom. The van der Waals surface area contributed by atoms with Gasteiger partial charge >= 0.3 is 0 Å². The molecule has 0 spiro atoms. The van der Waals surface area contributed by atoms with Gasteiger partial charge in [-0.1, -0.05) is 11.3 Å². The number of hydrogen-bond acceptors (Lipinski definition) is 6. The largest absolute Gasteiger partial charge is 0.378 e. The Bertz CT molecular complexity index is 381. The minimum atomic E-state index is -0.201. The van der Waals surface area contributed by atoms with Crippen molar-refractivity contribution < 1.29 is 9.53 Å². The minimum absolute atomic E-state index is 0.154. The van der Waals surface area contributed by atoms with Crippen molar-refractivity contribution in [1.82, 2.24) is 15.5 Å². The first kappa shape index (κ1) is 11.3. The predicted octanol–water partition coefficient (Wildman–Crippen LogP) is 0.418. The van der Waals surface area contributed by atoms with E-state index in [9.17, 15) is 4.79 Å². The summed E-state index contributed by atoms with van der Waals surface area (Å²) in [6.45, 7) is 2.69. The Kier molecular flexibility index (Phi) is 3.35. The van der Waals surface area contributed by atoms with Crippen LogP contribution in [0.3, 0.4) is 0 Å². The summed E-state index contributed by atoms with van der Waals surface area (Å²) in [5, 5.41) is 10.8. The number of aromatic nitrogens is 2. The highest BCUT2D eigenvalue weighted by molar-refractivity contribution is 7.16. The van der Waals surface area contributed by atoms with Gasteiger partial charge in [-0.05, 0) is 19.8 Å². The van der Waals surface area contributed by atoms with E-state index < -0.39 is 0 Å². The van der Waals surface area contributed by atoms with E-state index in [-0.39, 0.29) is 18.1 Å². The van der Waals surface area contributed by atoms with Crippen LogP contribution < -0.4 is 11.1 Å². The standard InChI is InChI=1S/C9H14N4O2S/c1-5-4-6(2-3-15-5)11-7(14)8-12-13-9(10)16-8/h5-6H,2-4H2,1H3,(H2,10,13)(H,11,14). The van der Waals surface area contributed by atoms with Gasteiger partial charge in [0.05, 0.1) is 6.10 Å².